The molecule has 0 aliphatic heterocycles. The van der Waals surface area contributed by atoms with E-state index in [0.29, 0.717) is 17.9 Å². The maximum atomic E-state index is 13.2. The van der Waals surface area contributed by atoms with Crippen LogP contribution >= 0.6 is 0 Å². The lowest BCUT2D eigenvalue weighted by Crippen LogP contribution is -2.13. The van der Waals surface area contributed by atoms with E-state index in [2.05, 4.69) is 20.6 Å². The van der Waals surface area contributed by atoms with E-state index < -0.39 is 0 Å². The summed E-state index contributed by atoms with van der Waals surface area (Å²) in [6.45, 7) is 2.14. The predicted octanol–water partition coefficient (Wildman–Crippen LogP) is 2.42. The van der Waals surface area contributed by atoms with Gasteiger partial charge in [0.2, 0.25) is 0 Å². The van der Waals surface area contributed by atoms with Crippen LogP contribution in [-0.2, 0) is 6.54 Å². The number of halogens is 1. The predicted molar refractivity (Wildman–Crippen MR) is 82.5 cm³/mol. The minimum Gasteiger partial charge on any atom is -0.319 e. The van der Waals surface area contributed by atoms with Gasteiger partial charge >= 0.3 is 0 Å². The van der Waals surface area contributed by atoms with E-state index >= 15 is 0 Å². The lowest BCUT2D eigenvalue weighted by atomic mass is 10.2. The van der Waals surface area contributed by atoms with Crippen molar-refractivity contribution < 1.29 is 9.18 Å². The van der Waals surface area contributed by atoms with Gasteiger partial charge in [0, 0.05) is 6.20 Å². The molecule has 0 bridgehead atoms. The van der Waals surface area contributed by atoms with Gasteiger partial charge in [-0.1, -0.05) is 17.3 Å². The molecule has 0 saturated carbocycles. The molecular weight excluding hydrogens is 297 g/mol. The molecule has 116 valence electrons. The van der Waals surface area contributed by atoms with Crippen molar-refractivity contribution in [1.29, 1.82) is 0 Å². The van der Waals surface area contributed by atoms with Gasteiger partial charge in [-0.25, -0.2) is 9.07 Å². The van der Waals surface area contributed by atoms with Gasteiger partial charge in [-0.2, -0.15) is 0 Å². The second-order valence-corrected chi connectivity index (χ2v) is 5.02. The van der Waals surface area contributed by atoms with Crippen molar-refractivity contribution in [2.24, 2.45) is 0 Å². The van der Waals surface area contributed by atoms with Crippen LogP contribution in [0.1, 0.15) is 21.7 Å². The summed E-state index contributed by atoms with van der Waals surface area (Å²) < 4.78 is 14.7. The fraction of sp³-hybridized carbons (Fsp3) is 0.125. The Hall–Kier alpha value is -3.09. The largest absolute Gasteiger partial charge is 0.319 e. The molecule has 0 saturated heterocycles. The monoisotopic (exact) mass is 311 g/mol. The van der Waals surface area contributed by atoms with Crippen molar-refractivity contribution in [3.8, 4) is 0 Å². The number of nitrogens with one attached hydrogen (secondary N) is 1. The highest BCUT2D eigenvalue weighted by Gasteiger charge is 2.12. The molecule has 3 aromatic rings. The Morgan fingerprint density at radius 3 is 2.96 bits per heavy atom. The molecular formula is C16H14FN5O. The van der Waals surface area contributed by atoms with Gasteiger partial charge in [-0.05, 0) is 36.8 Å². The van der Waals surface area contributed by atoms with E-state index in [9.17, 15) is 9.18 Å². The Morgan fingerprint density at radius 2 is 2.17 bits per heavy atom. The molecule has 23 heavy (non-hydrogen) atoms. The number of aromatic nitrogens is 4. The number of rotatable bonds is 4. The van der Waals surface area contributed by atoms with Crippen LogP contribution in [-0.4, -0.2) is 25.9 Å². The normalized spacial score (nSPS) is 10.5. The number of hydrogen-bond donors (Lipinski definition) is 1. The third kappa shape index (κ3) is 3.57. The second kappa shape index (κ2) is 6.35. The maximum absolute atomic E-state index is 13.2. The molecule has 2 heterocycles. The number of carbonyl (C=O) groups excluding carboxylic acids is 1. The lowest BCUT2D eigenvalue weighted by molar-refractivity contribution is 0.102. The fourth-order valence-electron chi connectivity index (χ4n) is 2.10. The molecule has 7 heteroatoms. The quantitative estimate of drug-likeness (QED) is 0.803. The summed E-state index contributed by atoms with van der Waals surface area (Å²) in [4.78, 5) is 16.3. The molecule has 3 rings (SSSR count). The van der Waals surface area contributed by atoms with Crippen molar-refractivity contribution in [2.45, 2.75) is 13.5 Å². The topological polar surface area (TPSA) is 72.7 Å². The van der Waals surface area contributed by atoms with E-state index in [0.717, 1.165) is 5.56 Å². The Balaban J connectivity index is 1.71. The van der Waals surface area contributed by atoms with E-state index in [1.165, 1.54) is 23.0 Å². The summed E-state index contributed by atoms with van der Waals surface area (Å²) in [5.74, 6) is -0.681. The average molecular weight is 311 g/mol. The highest BCUT2D eigenvalue weighted by Crippen LogP contribution is 2.12. The smallest absolute Gasteiger partial charge is 0.277 e. The molecule has 6 nitrogen and oxygen atoms in total. The third-order valence-corrected chi connectivity index (χ3v) is 3.26. The van der Waals surface area contributed by atoms with Crippen LogP contribution in [0.25, 0.3) is 0 Å². The number of pyridine rings is 1. The van der Waals surface area contributed by atoms with Crippen molar-refractivity contribution in [1.82, 2.24) is 20.0 Å². The van der Waals surface area contributed by atoms with Crippen LogP contribution in [0.2, 0.25) is 0 Å². The van der Waals surface area contributed by atoms with Crippen LogP contribution in [0.15, 0.2) is 48.8 Å². The number of benzene rings is 1. The van der Waals surface area contributed by atoms with Crippen molar-refractivity contribution >= 4 is 11.6 Å². The summed E-state index contributed by atoms with van der Waals surface area (Å²) in [6.07, 6.45) is 3.17. The molecule has 1 amide bonds. The number of nitrogens with zero attached hydrogens (tertiary/aromatic N) is 4. The first-order chi connectivity index (χ1) is 11.1. The van der Waals surface area contributed by atoms with Crippen molar-refractivity contribution in [2.75, 3.05) is 5.32 Å². The first kappa shape index (κ1) is 14.8. The molecule has 0 unspecified atom stereocenters. The summed E-state index contributed by atoms with van der Waals surface area (Å²) in [5, 5.41) is 10.5. The molecule has 1 N–H and O–H groups in total. The van der Waals surface area contributed by atoms with Gasteiger partial charge in [0.15, 0.2) is 5.69 Å². The van der Waals surface area contributed by atoms with Crippen molar-refractivity contribution in [3.05, 3.63) is 71.6 Å². The minimum atomic E-state index is -0.369. The number of hydrogen-bond acceptors (Lipinski definition) is 4. The fourth-order valence-corrected chi connectivity index (χ4v) is 2.10. The SMILES string of the molecule is Cc1ncccc1NC(=O)c1cn(Cc2cccc(F)c2)nn1. The van der Waals surface area contributed by atoms with E-state index in [1.54, 1.807) is 37.4 Å². The zero-order valence-corrected chi connectivity index (χ0v) is 12.4. The van der Waals surface area contributed by atoms with Crippen LogP contribution in [0.3, 0.4) is 0 Å². The summed E-state index contributed by atoms with van der Waals surface area (Å²) in [7, 11) is 0. The molecule has 0 atom stereocenters. The van der Waals surface area contributed by atoms with Crippen LogP contribution in [0.4, 0.5) is 10.1 Å². The lowest BCUT2D eigenvalue weighted by Gasteiger charge is -2.04. The number of aryl methyl sites for hydroxylation is 1. The minimum absolute atomic E-state index is 0.185. The molecule has 0 radical (unpaired) electrons. The van der Waals surface area contributed by atoms with Gasteiger partial charge < -0.3 is 5.32 Å². The summed E-state index contributed by atoms with van der Waals surface area (Å²) in [5.41, 5.74) is 2.26. The molecule has 1 aromatic carbocycles. The number of amides is 1. The van der Waals surface area contributed by atoms with Crippen LogP contribution in [0.5, 0.6) is 0 Å². The molecule has 2 aromatic heterocycles. The highest BCUT2D eigenvalue weighted by molar-refractivity contribution is 6.02. The maximum Gasteiger partial charge on any atom is 0.277 e. The number of carbonyl (C=O) groups is 1. The second-order valence-electron chi connectivity index (χ2n) is 5.02. The van der Waals surface area contributed by atoms with E-state index in [4.69, 9.17) is 0 Å². The summed E-state index contributed by atoms with van der Waals surface area (Å²) in [6, 6.07) is 9.70. The standard InChI is InChI=1S/C16H14FN5O/c1-11-14(6-3-7-18-11)19-16(23)15-10-22(21-20-15)9-12-4-2-5-13(17)8-12/h2-8,10H,9H2,1H3,(H,19,23). The Kier molecular flexibility index (Phi) is 4.09. The van der Waals surface area contributed by atoms with Gasteiger partial charge in [0.05, 0.1) is 24.1 Å². The zero-order valence-electron chi connectivity index (χ0n) is 12.4. The van der Waals surface area contributed by atoms with Gasteiger partial charge in [-0.15, -0.1) is 5.10 Å². The average Bonchev–Trinajstić information content (AvgIpc) is 2.98. The van der Waals surface area contributed by atoms with Crippen molar-refractivity contribution in [3.63, 3.8) is 0 Å². The van der Waals surface area contributed by atoms with E-state index in [-0.39, 0.29) is 17.4 Å². The first-order valence-electron chi connectivity index (χ1n) is 6.99. The zero-order chi connectivity index (χ0) is 16.2. The molecule has 0 aliphatic carbocycles. The Bertz CT molecular complexity index is 846. The molecule has 0 aliphatic rings. The van der Waals surface area contributed by atoms with Crippen LogP contribution < -0.4 is 5.32 Å². The Morgan fingerprint density at radius 1 is 1.30 bits per heavy atom. The van der Waals surface area contributed by atoms with Gasteiger partial charge in [-0.3, -0.25) is 9.78 Å². The third-order valence-electron chi connectivity index (χ3n) is 3.26. The Labute approximate surface area is 132 Å². The number of anilines is 1. The molecule has 0 spiro atoms. The van der Waals surface area contributed by atoms with Gasteiger partial charge in [0.25, 0.3) is 5.91 Å². The highest BCUT2D eigenvalue weighted by atomic mass is 19.1. The first-order valence-corrected chi connectivity index (χ1v) is 6.99. The summed E-state index contributed by atoms with van der Waals surface area (Å²) >= 11 is 0. The van der Waals surface area contributed by atoms with Crippen LogP contribution in [0, 0.1) is 12.7 Å². The van der Waals surface area contributed by atoms with Gasteiger partial charge in [0.1, 0.15) is 5.82 Å². The molecule has 0 fully saturated rings. The van der Waals surface area contributed by atoms with E-state index in [1.807, 2.05) is 0 Å².